The summed E-state index contributed by atoms with van der Waals surface area (Å²) in [7, 11) is 1.30. The molecule has 0 unspecified atom stereocenters. The molecule has 14 heavy (non-hydrogen) atoms. The van der Waals surface area contributed by atoms with Crippen molar-refractivity contribution in [2.24, 2.45) is 12.8 Å². The van der Waals surface area contributed by atoms with E-state index in [0.29, 0.717) is 0 Å². The molecule has 1 heterocycles. The Kier molecular flexibility index (Phi) is 2.90. The summed E-state index contributed by atoms with van der Waals surface area (Å²) in [6.45, 7) is -3.04. The van der Waals surface area contributed by atoms with E-state index in [1.807, 2.05) is 0 Å². The number of hydrogen-bond acceptors (Lipinski definition) is 3. The number of nitrogens with two attached hydrogens (primary N) is 1. The third-order valence-electron chi connectivity index (χ3n) is 1.37. The Morgan fingerprint density at radius 3 is 2.64 bits per heavy atom. The lowest BCUT2D eigenvalue weighted by Crippen LogP contribution is -2.12. The Morgan fingerprint density at radius 1 is 1.71 bits per heavy atom. The van der Waals surface area contributed by atoms with Crippen LogP contribution < -0.4 is 10.5 Å². The number of carbonyl (C=O) groups excluding carboxylic acids is 1. The molecule has 0 radical (unpaired) electrons. The predicted octanol–water partition coefficient (Wildman–Crippen LogP) is 0.774. The van der Waals surface area contributed by atoms with Crippen LogP contribution in [0.1, 0.15) is 10.5 Å². The van der Waals surface area contributed by atoms with Gasteiger partial charge < -0.3 is 10.5 Å². The summed E-state index contributed by atoms with van der Waals surface area (Å²) < 4.78 is 28.7. The highest BCUT2D eigenvalue weighted by Gasteiger charge is 2.21. The number of nitrogens with zero attached hydrogens (tertiary/aromatic N) is 2. The Balaban J connectivity index is 3.11. The predicted molar refractivity (Wildman–Crippen MR) is 43.4 cm³/mol. The summed E-state index contributed by atoms with van der Waals surface area (Å²) in [6.07, 6.45) is 0. The van der Waals surface area contributed by atoms with E-state index in [1.165, 1.54) is 7.05 Å². The molecule has 0 fully saturated rings. The van der Waals surface area contributed by atoms with Gasteiger partial charge in [0.05, 0.1) is 0 Å². The molecule has 0 aliphatic heterocycles. The number of alkyl halides is 2. The van der Waals surface area contributed by atoms with Gasteiger partial charge in [0.2, 0.25) is 5.88 Å². The third kappa shape index (κ3) is 1.92. The molecule has 0 aliphatic rings. The van der Waals surface area contributed by atoms with Crippen LogP contribution in [0.4, 0.5) is 8.78 Å². The van der Waals surface area contributed by atoms with Crippen molar-refractivity contribution in [3.05, 3.63) is 10.7 Å². The number of halogens is 3. The van der Waals surface area contributed by atoms with E-state index in [1.54, 1.807) is 0 Å². The van der Waals surface area contributed by atoms with E-state index >= 15 is 0 Å². The van der Waals surface area contributed by atoms with Crippen LogP contribution in [-0.2, 0) is 7.05 Å². The molecule has 78 valence electrons. The smallest absolute Gasteiger partial charge is 0.388 e. The lowest BCUT2D eigenvalue weighted by Gasteiger charge is -2.03. The molecule has 1 rings (SSSR count). The first-order valence-corrected chi connectivity index (χ1v) is 3.78. The lowest BCUT2D eigenvalue weighted by atomic mass is 10.4. The molecule has 0 spiro atoms. The molecule has 1 amide bonds. The van der Waals surface area contributed by atoms with Crippen molar-refractivity contribution >= 4 is 17.5 Å². The minimum absolute atomic E-state index is 0.301. The zero-order valence-corrected chi connectivity index (χ0v) is 7.76. The van der Waals surface area contributed by atoms with Gasteiger partial charge in [-0.15, -0.1) is 0 Å². The molecule has 0 atom stereocenters. The number of primary amides is 1. The molecule has 1 aromatic rings. The standard InChI is InChI=1S/C6H6ClF2N3O2/c1-12-5(14-6(8)9)2(7)3(11-12)4(10)13/h6H,1H3,(H2,10,13). The van der Waals surface area contributed by atoms with Gasteiger partial charge in [-0.25, -0.2) is 4.68 Å². The van der Waals surface area contributed by atoms with Crippen molar-refractivity contribution in [1.29, 1.82) is 0 Å². The van der Waals surface area contributed by atoms with Crippen molar-refractivity contribution < 1.29 is 18.3 Å². The van der Waals surface area contributed by atoms with Crippen LogP contribution >= 0.6 is 11.6 Å². The van der Waals surface area contributed by atoms with Crippen LogP contribution in [0.25, 0.3) is 0 Å². The van der Waals surface area contributed by atoms with Crippen molar-refractivity contribution in [3.63, 3.8) is 0 Å². The zero-order chi connectivity index (χ0) is 10.9. The van der Waals surface area contributed by atoms with Gasteiger partial charge in [0.1, 0.15) is 5.02 Å². The maximum Gasteiger partial charge on any atom is 0.388 e. The van der Waals surface area contributed by atoms with Gasteiger partial charge in [0, 0.05) is 7.05 Å². The molecule has 2 N–H and O–H groups in total. The Labute approximate surface area is 82.4 Å². The summed E-state index contributed by atoms with van der Waals surface area (Å²) in [6, 6.07) is 0. The van der Waals surface area contributed by atoms with Crippen LogP contribution in [0.5, 0.6) is 5.88 Å². The molecule has 0 bridgehead atoms. The van der Waals surface area contributed by atoms with Crippen molar-refractivity contribution in [2.45, 2.75) is 6.61 Å². The second kappa shape index (κ2) is 3.79. The number of rotatable bonds is 3. The SMILES string of the molecule is Cn1nc(C(N)=O)c(Cl)c1OC(F)F. The van der Waals surface area contributed by atoms with Gasteiger partial charge in [-0.3, -0.25) is 4.79 Å². The molecule has 0 aromatic carbocycles. The molecule has 0 aliphatic carbocycles. The van der Waals surface area contributed by atoms with Gasteiger partial charge in [-0.2, -0.15) is 13.9 Å². The molecular weight excluding hydrogens is 220 g/mol. The molecule has 0 saturated heterocycles. The Hall–Kier alpha value is -1.37. The first kappa shape index (κ1) is 10.7. The minimum atomic E-state index is -3.04. The molecular formula is C6H6ClF2N3O2. The first-order chi connectivity index (χ1) is 6.43. The summed E-state index contributed by atoms with van der Waals surface area (Å²) in [5.74, 6) is -1.30. The summed E-state index contributed by atoms with van der Waals surface area (Å²) in [5, 5.41) is 3.20. The van der Waals surface area contributed by atoms with Gasteiger partial charge in [-0.1, -0.05) is 11.6 Å². The topological polar surface area (TPSA) is 70.1 Å². The number of hydrogen-bond donors (Lipinski definition) is 1. The number of carbonyl (C=O) groups is 1. The van der Waals surface area contributed by atoms with Gasteiger partial charge >= 0.3 is 6.61 Å². The van der Waals surface area contributed by atoms with Crippen molar-refractivity contribution in [1.82, 2.24) is 9.78 Å². The lowest BCUT2D eigenvalue weighted by molar-refractivity contribution is -0.0552. The quantitative estimate of drug-likeness (QED) is 0.826. The van der Waals surface area contributed by atoms with Crippen LogP contribution in [-0.4, -0.2) is 22.3 Å². The van der Waals surface area contributed by atoms with Crippen molar-refractivity contribution in [3.8, 4) is 5.88 Å². The average molecular weight is 226 g/mol. The van der Waals surface area contributed by atoms with Crippen molar-refractivity contribution in [2.75, 3.05) is 0 Å². The number of amides is 1. The van der Waals surface area contributed by atoms with Gasteiger partial charge in [0.25, 0.3) is 5.91 Å². The van der Waals surface area contributed by atoms with E-state index in [4.69, 9.17) is 17.3 Å². The van der Waals surface area contributed by atoms with E-state index in [9.17, 15) is 13.6 Å². The first-order valence-electron chi connectivity index (χ1n) is 3.40. The molecule has 5 nitrogen and oxygen atoms in total. The monoisotopic (exact) mass is 225 g/mol. The molecule has 8 heteroatoms. The highest BCUT2D eigenvalue weighted by molar-refractivity contribution is 6.34. The fourth-order valence-corrected chi connectivity index (χ4v) is 1.15. The normalized spacial score (nSPS) is 10.6. The summed E-state index contributed by atoms with van der Waals surface area (Å²) >= 11 is 5.53. The maximum absolute atomic E-state index is 11.9. The largest absolute Gasteiger partial charge is 0.416 e. The van der Waals surface area contributed by atoms with E-state index in [0.717, 1.165) is 4.68 Å². The second-order valence-corrected chi connectivity index (χ2v) is 2.71. The Morgan fingerprint density at radius 2 is 2.29 bits per heavy atom. The van der Waals surface area contributed by atoms with Crippen LogP contribution in [0.2, 0.25) is 5.02 Å². The molecule has 1 aromatic heterocycles. The fourth-order valence-electron chi connectivity index (χ4n) is 0.852. The summed E-state index contributed by atoms with van der Waals surface area (Å²) in [5.41, 5.74) is 4.58. The number of aromatic nitrogens is 2. The average Bonchev–Trinajstić information content (AvgIpc) is 2.31. The third-order valence-corrected chi connectivity index (χ3v) is 1.71. The zero-order valence-electron chi connectivity index (χ0n) is 7.00. The van der Waals surface area contributed by atoms with Crippen LogP contribution in [0.3, 0.4) is 0 Å². The van der Waals surface area contributed by atoms with Crippen LogP contribution in [0.15, 0.2) is 0 Å². The van der Waals surface area contributed by atoms with Gasteiger partial charge in [-0.05, 0) is 0 Å². The van der Waals surface area contributed by atoms with E-state index < -0.39 is 18.4 Å². The van der Waals surface area contributed by atoms with Gasteiger partial charge in [0.15, 0.2) is 5.69 Å². The number of ether oxygens (including phenoxy) is 1. The highest BCUT2D eigenvalue weighted by atomic mass is 35.5. The highest BCUT2D eigenvalue weighted by Crippen LogP contribution is 2.28. The Bertz CT molecular complexity index is 366. The summed E-state index contributed by atoms with van der Waals surface area (Å²) in [4.78, 5) is 10.7. The van der Waals surface area contributed by atoms with E-state index in [2.05, 4.69) is 9.84 Å². The minimum Gasteiger partial charge on any atom is -0.416 e. The fraction of sp³-hybridized carbons (Fsp3) is 0.333. The van der Waals surface area contributed by atoms with E-state index in [-0.39, 0.29) is 10.7 Å². The molecule has 0 saturated carbocycles. The second-order valence-electron chi connectivity index (χ2n) is 2.33. The maximum atomic E-state index is 11.9. The number of aryl methyl sites for hydroxylation is 1. The van der Waals surface area contributed by atoms with Crippen LogP contribution in [0, 0.1) is 0 Å².